The molecule has 5 aromatic rings. The number of hydrogen-bond acceptors (Lipinski definition) is 5. The largest absolute Gasteiger partial charge is 0.467 e. The van der Waals surface area contributed by atoms with Gasteiger partial charge in [-0.15, -0.1) is 0 Å². The Morgan fingerprint density at radius 2 is 1.91 bits per heavy atom. The summed E-state index contributed by atoms with van der Waals surface area (Å²) in [5, 5.41) is 6.72. The number of anilines is 1. The van der Waals surface area contributed by atoms with E-state index in [0.717, 1.165) is 12.1 Å². The molecule has 1 N–H and O–H groups in total. The highest BCUT2D eigenvalue weighted by Crippen LogP contribution is 2.32. The van der Waals surface area contributed by atoms with Gasteiger partial charge in [0, 0.05) is 5.56 Å². The van der Waals surface area contributed by atoms with Gasteiger partial charge in [0.05, 0.1) is 35.1 Å². The van der Waals surface area contributed by atoms with Gasteiger partial charge in [0.2, 0.25) is 5.95 Å². The van der Waals surface area contributed by atoms with E-state index < -0.39 is 17.6 Å². The summed E-state index contributed by atoms with van der Waals surface area (Å²) in [4.78, 5) is 21.0. The molecule has 0 radical (unpaired) electrons. The molecule has 8 nitrogen and oxygen atoms in total. The van der Waals surface area contributed by atoms with E-state index in [1.165, 1.54) is 25.0 Å². The number of imidazole rings is 1. The first-order valence-corrected chi connectivity index (χ1v) is 9.75. The summed E-state index contributed by atoms with van der Waals surface area (Å²) in [6.45, 7) is 0.176. The van der Waals surface area contributed by atoms with Crippen LogP contribution in [0.2, 0.25) is 0 Å². The lowest BCUT2D eigenvalue weighted by molar-refractivity contribution is -0.137. The molecule has 0 aliphatic heterocycles. The van der Waals surface area contributed by atoms with Gasteiger partial charge in [-0.25, -0.2) is 14.6 Å². The van der Waals surface area contributed by atoms with Gasteiger partial charge in [0.1, 0.15) is 18.4 Å². The number of fused-ring (bicyclic) bond motifs is 1. The average molecular weight is 452 g/mol. The standard InChI is InChI=1S/C22H15F3N6O2/c23-22(24,25)15-5-8-19-18(10-15)28-21(30(19)11-17-2-1-9-33-17)29-20(32)14-3-6-16(7-4-14)31-13-26-12-27-31/h1-10,12-13H,11H2,(H,28,29,32). The van der Waals surface area contributed by atoms with Crippen LogP contribution >= 0.6 is 0 Å². The minimum absolute atomic E-state index is 0.103. The second-order valence-electron chi connectivity index (χ2n) is 7.14. The third-order valence-corrected chi connectivity index (χ3v) is 5.01. The number of alkyl halides is 3. The summed E-state index contributed by atoms with van der Waals surface area (Å²) in [6, 6.07) is 13.3. The molecule has 0 aliphatic rings. The van der Waals surface area contributed by atoms with E-state index in [-0.39, 0.29) is 18.0 Å². The fourth-order valence-corrected chi connectivity index (χ4v) is 3.40. The molecule has 1 amide bonds. The smallest absolute Gasteiger partial charge is 0.416 e. The number of carbonyl (C=O) groups excluding carboxylic acids is 1. The molecule has 166 valence electrons. The minimum atomic E-state index is -4.51. The molecule has 33 heavy (non-hydrogen) atoms. The Labute approximate surface area is 184 Å². The SMILES string of the molecule is O=C(Nc1nc2cc(C(F)(F)F)ccc2n1Cc1ccco1)c1ccc(-n2cncn2)cc1. The van der Waals surface area contributed by atoms with Gasteiger partial charge in [-0.2, -0.15) is 18.3 Å². The number of rotatable bonds is 5. The zero-order chi connectivity index (χ0) is 23.0. The number of benzene rings is 2. The fraction of sp³-hybridized carbons (Fsp3) is 0.0909. The van der Waals surface area contributed by atoms with Crippen molar-refractivity contribution < 1.29 is 22.4 Å². The molecule has 3 aromatic heterocycles. The van der Waals surface area contributed by atoms with Crippen molar-refractivity contribution in [3.63, 3.8) is 0 Å². The molecule has 0 unspecified atom stereocenters. The van der Waals surface area contributed by atoms with Crippen molar-refractivity contribution in [3.05, 3.63) is 90.4 Å². The van der Waals surface area contributed by atoms with Crippen molar-refractivity contribution in [2.24, 2.45) is 0 Å². The zero-order valence-electron chi connectivity index (χ0n) is 16.8. The van der Waals surface area contributed by atoms with Gasteiger partial charge in [-0.05, 0) is 54.6 Å². The lowest BCUT2D eigenvalue weighted by Crippen LogP contribution is -2.16. The van der Waals surface area contributed by atoms with Crippen LogP contribution in [0.3, 0.4) is 0 Å². The molecular formula is C22H15F3N6O2. The van der Waals surface area contributed by atoms with Gasteiger partial charge >= 0.3 is 6.18 Å². The second kappa shape index (κ2) is 7.93. The highest BCUT2D eigenvalue weighted by Gasteiger charge is 2.31. The maximum absolute atomic E-state index is 13.2. The van der Waals surface area contributed by atoms with E-state index in [1.807, 2.05) is 0 Å². The van der Waals surface area contributed by atoms with Crippen LogP contribution in [0.5, 0.6) is 0 Å². The zero-order valence-corrected chi connectivity index (χ0v) is 16.8. The van der Waals surface area contributed by atoms with Crippen LogP contribution < -0.4 is 5.32 Å². The van der Waals surface area contributed by atoms with Crippen molar-refractivity contribution >= 4 is 22.9 Å². The Morgan fingerprint density at radius 1 is 1.09 bits per heavy atom. The van der Waals surface area contributed by atoms with E-state index >= 15 is 0 Å². The first-order chi connectivity index (χ1) is 15.9. The van der Waals surface area contributed by atoms with E-state index in [4.69, 9.17) is 4.42 Å². The maximum atomic E-state index is 13.2. The normalized spacial score (nSPS) is 11.7. The third kappa shape index (κ3) is 4.07. The molecule has 0 atom stereocenters. The first-order valence-electron chi connectivity index (χ1n) is 9.75. The highest BCUT2D eigenvalue weighted by molar-refractivity contribution is 6.04. The molecule has 0 aliphatic carbocycles. The summed E-state index contributed by atoms with van der Waals surface area (Å²) in [5.41, 5.74) is 0.768. The van der Waals surface area contributed by atoms with E-state index in [9.17, 15) is 18.0 Å². The quantitative estimate of drug-likeness (QED) is 0.423. The molecule has 0 saturated carbocycles. The van der Waals surface area contributed by atoms with Crippen LogP contribution in [0.25, 0.3) is 16.7 Å². The lowest BCUT2D eigenvalue weighted by Gasteiger charge is -2.10. The Morgan fingerprint density at radius 3 is 2.58 bits per heavy atom. The highest BCUT2D eigenvalue weighted by atomic mass is 19.4. The molecule has 2 aromatic carbocycles. The third-order valence-electron chi connectivity index (χ3n) is 5.01. The molecule has 0 bridgehead atoms. The number of aromatic nitrogens is 5. The Hall–Kier alpha value is -4.41. The van der Waals surface area contributed by atoms with Gasteiger partial charge in [0.25, 0.3) is 5.91 Å². The number of amides is 1. The predicted molar refractivity (Wildman–Crippen MR) is 112 cm³/mol. The monoisotopic (exact) mass is 452 g/mol. The summed E-state index contributed by atoms with van der Waals surface area (Å²) in [7, 11) is 0. The predicted octanol–water partition coefficient (Wildman–Crippen LogP) is 4.53. The first kappa shape index (κ1) is 20.5. The molecule has 0 spiro atoms. The fourth-order valence-electron chi connectivity index (χ4n) is 3.40. The van der Waals surface area contributed by atoms with Gasteiger partial charge in [0.15, 0.2) is 0 Å². The Kier molecular flexibility index (Phi) is 4.93. The van der Waals surface area contributed by atoms with Gasteiger partial charge < -0.3 is 8.98 Å². The molecule has 0 saturated heterocycles. The van der Waals surface area contributed by atoms with Crippen molar-refractivity contribution in [1.29, 1.82) is 0 Å². The van der Waals surface area contributed by atoms with Gasteiger partial charge in [-0.1, -0.05) is 0 Å². The number of nitrogens with zero attached hydrogens (tertiary/aromatic N) is 5. The number of halogens is 3. The maximum Gasteiger partial charge on any atom is 0.416 e. The van der Waals surface area contributed by atoms with Crippen LogP contribution in [-0.4, -0.2) is 30.2 Å². The van der Waals surface area contributed by atoms with Crippen molar-refractivity contribution in [2.75, 3.05) is 5.32 Å². The summed E-state index contributed by atoms with van der Waals surface area (Å²) in [6.07, 6.45) is -0.0883. The van der Waals surface area contributed by atoms with Crippen LogP contribution in [0.15, 0.2) is 77.9 Å². The van der Waals surface area contributed by atoms with E-state index in [2.05, 4.69) is 20.4 Å². The van der Waals surface area contributed by atoms with Gasteiger partial charge in [-0.3, -0.25) is 10.1 Å². The van der Waals surface area contributed by atoms with Crippen molar-refractivity contribution in [2.45, 2.75) is 12.7 Å². The lowest BCUT2D eigenvalue weighted by atomic mass is 10.2. The van der Waals surface area contributed by atoms with E-state index in [1.54, 1.807) is 45.6 Å². The van der Waals surface area contributed by atoms with Crippen molar-refractivity contribution in [3.8, 4) is 5.69 Å². The van der Waals surface area contributed by atoms with Crippen LogP contribution in [-0.2, 0) is 12.7 Å². The summed E-state index contributed by atoms with van der Waals surface area (Å²) in [5.74, 6) is 0.195. The van der Waals surface area contributed by atoms with E-state index in [0.29, 0.717) is 22.5 Å². The van der Waals surface area contributed by atoms with Crippen LogP contribution in [0, 0.1) is 0 Å². The molecule has 11 heteroatoms. The molecule has 5 rings (SSSR count). The minimum Gasteiger partial charge on any atom is -0.467 e. The number of furan rings is 1. The molecular weight excluding hydrogens is 437 g/mol. The molecule has 0 fully saturated rings. The number of carbonyl (C=O) groups is 1. The van der Waals surface area contributed by atoms with Crippen molar-refractivity contribution in [1.82, 2.24) is 24.3 Å². The average Bonchev–Trinajstić information content (AvgIpc) is 3.56. The Bertz CT molecular complexity index is 1410. The van der Waals surface area contributed by atoms with Crippen LogP contribution in [0.1, 0.15) is 21.7 Å². The summed E-state index contributed by atoms with van der Waals surface area (Å²) >= 11 is 0. The second-order valence-corrected chi connectivity index (χ2v) is 7.14. The topological polar surface area (TPSA) is 90.8 Å². The number of nitrogens with one attached hydrogen (secondary N) is 1. The Balaban J connectivity index is 1.48. The molecule has 3 heterocycles. The van der Waals surface area contributed by atoms with Crippen LogP contribution in [0.4, 0.5) is 19.1 Å². The summed E-state index contributed by atoms with van der Waals surface area (Å²) < 4.78 is 48.0. The number of hydrogen-bond donors (Lipinski definition) is 1.